The molecule has 1 aliphatic rings. The van der Waals surface area contributed by atoms with Gasteiger partial charge in [-0.25, -0.2) is 8.42 Å². The Labute approximate surface area is 161 Å². The summed E-state index contributed by atoms with van der Waals surface area (Å²) in [5, 5.41) is 2.98. The summed E-state index contributed by atoms with van der Waals surface area (Å²) in [5.74, 6) is -0.466. The largest absolute Gasteiger partial charge is 0.326 e. The normalized spacial score (nSPS) is 18.3. The predicted octanol–water partition coefficient (Wildman–Crippen LogP) is 3.65. The number of hydrogen-bond donors (Lipinski definition) is 1. The van der Waals surface area contributed by atoms with E-state index >= 15 is 0 Å². The second-order valence-electron chi connectivity index (χ2n) is 7.32. The average Bonchev–Trinajstić information content (AvgIpc) is 2.65. The van der Waals surface area contributed by atoms with E-state index in [9.17, 15) is 13.2 Å². The summed E-state index contributed by atoms with van der Waals surface area (Å²) in [7, 11) is -3.58. The predicted molar refractivity (Wildman–Crippen MR) is 107 cm³/mol. The minimum Gasteiger partial charge on any atom is -0.326 e. The lowest BCUT2D eigenvalue weighted by molar-refractivity contribution is -0.120. The van der Waals surface area contributed by atoms with Crippen LogP contribution in [0.25, 0.3) is 0 Å². The zero-order chi connectivity index (χ0) is 19.6. The summed E-state index contributed by atoms with van der Waals surface area (Å²) in [5.41, 5.74) is 3.87. The Morgan fingerprint density at radius 1 is 1.04 bits per heavy atom. The van der Waals surface area contributed by atoms with Gasteiger partial charge in [0.25, 0.3) is 0 Å². The fourth-order valence-electron chi connectivity index (χ4n) is 3.34. The SMILES string of the molecule is Cc1ccc(S(=O)(=O)N2CCC[C@H](C(=O)Nc3cc(C)ccc3C)C2)cc1. The second kappa shape index (κ2) is 7.82. The van der Waals surface area contributed by atoms with Gasteiger partial charge < -0.3 is 5.32 Å². The van der Waals surface area contributed by atoms with Gasteiger partial charge in [-0.3, -0.25) is 4.79 Å². The molecule has 0 saturated carbocycles. The molecule has 1 aliphatic heterocycles. The lowest BCUT2D eigenvalue weighted by atomic mass is 9.98. The highest BCUT2D eigenvalue weighted by atomic mass is 32.2. The summed E-state index contributed by atoms with van der Waals surface area (Å²) >= 11 is 0. The van der Waals surface area contributed by atoms with Gasteiger partial charge in [0.2, 0.25) is 15.9 Å². The van der Waals surface area contributed by atoms with E-state index in [-0.39, 0.29) is 23.3 Å². The molecule has 1 atom stereocenters. The summed E-state index contributed by atoms with van der Waals surface area (Å²) in [6, 6.07) is 12.8. The molecule has 2 aromatic rings. The van der Waals surface area contributed by atoms with Crippen molar-refractivity contribution in [2.45, 2.75) is 38.5 Å². The number of nitrogens with zero attached hydrogens (tertiary/aromatic N) is 1. The Morgan fingerprint density at radius 3 is 2.41 bits per heavy atom. The highest BCUT2D eigenvalue weighted by molar-refractivity contribution is 7.89. The van der Waals surface area contributed by atoms with Crippen molar-refractivity contribution in [2.75, 3.05) is 18.4 Å². The van der Waals surface area contributed by atoms with Crippen molar-refractivity contribution in [3.05, 3.63) is 59.2 Å². The van der Waals surface area contributed by atoms with Crippen molar-refractivity contribution in [3.63, 3.8) is 0 Å². The number of sulfonamides is 1. The van der Waals surface area contributed by atoms with E-state index in [1.165, 1.54) is 4.31 Å². The molecule has 1 heterocycles. The fraction of sp³-hybridized carbons (Fsp3) is 0.381. The lowest BCUT2D eigenvalue weighted by Gasteiger charge is -2.31. The van der Waals surface area contributed by atoms with Gasteiger partial charge in [0.1, 0.15) is 0 Å². The van der Waals surface area contributed by atoms with E-state index in [4.69, 9.17) is 0 Å². The number of benzene rings is 2. The van der Waals surface area contributed by atoms with E-state index in [1.807, 2.05) is 39.0 Å². The molecule has 144 valence electrons. The van der Waals surface area contributed by atoms with Crippen LogP contribution in [0.2, 0.25) is 0 Å². The molecule has 5 nitrogen and oxygen atoms in total. The van der Waals surface area contributed by atoms with Gasteiger partial charge in [0, 0.05) is 18.8 Å². The zero-order valence-corrected chi connectivity index (χ0v) is 16.8. The first kappa shape index (κ1) is 19.6. The minimum atomic E-state index is -3.58. The van der Waals surface area contributed by atoms with Crippen LogP contribution < -0.4 is 5.32 Å². The molecule has 1 N–H and O–H groups in total. The molecule has 2 aromatic carbocycles. The van der Waals surface area contributed by atoms with Crippen LogP contribution in [-0.2, 0) is 14.8 Å². The molecule has 0 aliphatic carbocycles. The summed E-state index contributed by atoms with van der Waals surface area (Å²) < 4.78 is 27.3. The Balaban J connectivity index is 1.74. The van der Waals surface area contributed by atoms with E-state index in [0.29, 0.717) is 19.4 Å². The van der Waals surface area contributed by atoms with Crippen molar-refractivity contribution in [3.8, 4) is 0 Å². The molecule has 1 saturated heterocycles. The standard InChI is InChI=1S/C21H26N2O3S/c1-15-7-10-19(11-8-15)27(25,26)23-12-4-5-18(14-23)21(24)22-20-13-16(2)6-9-17(20)3/h6-11,13,18H,4-5,12,14H2,1-3H3,(H,22,24)/t18-/m0/s1. The molecule has 1 amide bonds. The van der Waals surface area contributed by atoms with E-state index < -0.39 is 10.0 Å². The van der Waals surface area contributed by atoms with Crippen LogP contribution in [0.15, 0.2) is 47.4 Å². The number of piperidine rings is 1. The lowest BCUT2D eigenvalue weighted by Crippen LogP contribution is -2.43. The third-order valence-electron chi connectivity index (χ3n) is 5.06. The van der Waals surface area contributed by atoms with Gasteiger partial charge in [-0.15, -0.1) is 0 Å². The van der Waals surface area contributed by atoms with Crippen molar-refractivity contribution >= 4 is 21.6 Å². The number of anilines is 1. The smallest absolute Gasteiger partial charge is 0.243 e. The average molecular weight is 387 g/mol. The van der Waals surface area contributed by atoms with Gasteiger partial charge in [-0.05, 0) is 62.9 Å². The molecule has 0 bridgehead atoms. The molecule has 6 heteroatoms. The van der Waals surface area contributed by atoms with Gasteiger partial charge in [0.05, 0.1) is 10.8 Å². The first-order valence-electron chi connectivity index (χ1n) is 9.22. The van der Waals surface area contributed by atoms with Crippen molar-refractivity contribution in [1.82, 2.24) is 4.31 Å². The molecular weight excluding hydrogens is 360 g/mol. The van der Waals surface area contributed by atoms with Crippen molar-refractivity contribution in [2.24, 2.45) is 5.92 Å². The summed E-state index contributed by atoms with van der Waals surface area (Å²) in [6.07, 6.45) is 1.37. The topological polar surface area (TPSA) is 66.5 Å². The maximum atomic E-state index is 12.9. The Hall–Kier alpha value is -2.18. The molecule has 0 radical (unpaired) electrons. The summed E-state index contributed by atoms with van der Waals surface area (Å²) in [4.78, 5) is 13.0. The minimum absolute atomic E-state index is 0.118. The molecule has 0 unspecified atom stereocenters. The number of aryl methyl sites for hydroxylation is 3. The Bertz CT molecular complexity index is 936. The van der Waals surface area contributed by atoms with Gasteiger partial charge in [0.15, 0.2) is 0 Å². The number of nitrogens with one attached hydrogen (secondary N) is 1. The van der Waals surface area contributed by atoms with Gasteiger partial charge in [-0.1, -0.05) is 29.8 Å². The van der Waals surface area contributed by atoms with Crippen LogP contribution in [0.1, 0.15) is 29.5 Å². The zero-order valence-electron chi connectivity index (χ0n) is 16.0. The molecule has 1 fully saturated rings. The number of rotatable bonds is 4. The van der Waals surface area contributed by atoms with Crippen LogP contribution in [0.4, 0.5) is 5.69 Å². The number of hydrogen-bond acceptors (Lipinski definition) is 3. The van der Waals surface area contributed by atoms with Crippen molar-refractivity contribution < 1.29 is 13.2 Å². The first-order valence-corrected chi connectivity index (χ1v) is 10.7. The van der Waals surface area contributed by atoms with Crippen LogP contribution >= 0.6 is 0 Å². The Morgan fingerprint density at radius 2 is 1.70 bits per heavy atom. The third-order valence-corrected chi connectivity index (χ3v) is 6.94. The van der Waals surface area contributed by atoms with E-state index in [1.54, 1.807) is 24.3 Å². The third kappa shape index (κ3) is 4.39. The van der Waals surface area contributed by atoms with Crippen LogP contribution in [0.3, 0.4) is 0 Å². The van der Waals surface area contributed by atoms with Gasteiger partial charge in [-0.2, -0.15) is 4.31 Å². The number of amides is 1. The highest BCUT2D eigenvalue weighted by Gasteiger charge is 2.33. The van der Waals surface area contributed by atoms with Crippen LogP contribution in [-0.4, -0.2) is 31.7 Å². The Kier molecular flexibility index (Phi) is 5.67. The molecule has 0 spiro atoms. The van der Waals surface area contributed by atoms with Crippen molar-refractivity contribution in [1.29, 1.82) is 0 Å². The number of carbonyl (C=O) groups is 1. The maximum Gasteiger partial charge on any atom is 0.243 e. The first-order chi connectivity index (χ1) is 12.8. The molecule has 0 aromatic heterocycles. The van der Waals surface area contributed by atoms with Crippen LogP contribution in [0, 0.1) is 26.7 Å². The monoisotopic (exact) mass is 386 g/mol. The number of carbonyl (C=O) groups excluding carboxylic acids is 1. The van der Waals surface area contributed by atoms with E-state index in [0.717, 1.165) is 22.4 Å². The summed E-state index contributed by atoms with van der Waals surface area (Å²) in [6.45, 7) is 6.51. The molecule has 3 rings (SSSR count). The van der Waals surface area contributed by atoms with E-state index in [2.05, 4.69) is 5.32 Å². The van der Waals surface area contributed by atoms with Crippen LogP contribution in [0.5, 0.6) is 0 Å². The quantitative estimate of drug-likeness (QED) is 0.872. The molecule has 27 heavy (non-hydrogen) atoms. The fourth-order valence-corrected chi connectivity index (χ4v) is 4.86. The second-order valence-corrected chi connectivity index (χ2v) is 9.26. The molecular formula is C21H26N2O3S. The maximum absolute atomic E-state index is 12.9. The highest BCUT2D eigenvalue weighted by Crippen LogP contribution is 2.26. The van der Waals surface area contributed by atoms with Gasteiger partial charge >= 0.3 is 0 Å².